The fourth-order valence-corrected chi connectivity index (χ4v) is 1.21. The van der Waals surface area contributed by atoms with Crippen molar-refractivity contribution in [1.29, 1.82) is 0 Å². The monoisotopic (exact) mass is 202 g/mol. The Morgan fingerprint density at radius 3 is 2.79 bits per heavy atom. The number of hydrogen-bond acceptors (Lipinski definition) is 4. The van der Waals surface area contributed by atoms with Crippen LogP contribution < -0.4 is 0 Å². The molecule has 0 aromatic heterocycles. The maximum Gasteiger partial charge on any atom is 0.335 e. The zero-order chi connectivity index (χ0) is 10.6. The van der Waals surface area contributed by atoms with Crippen molar-refractivity contribution in [2.45, 2.75) is 51.4 Å². The third-order valence-corrected chi connectivity index (χ3v) is 2.31. The molecule has 1 aliphatic heterocycles. The summed E-state index contributed by atoms with van der Waals surface area (Å²) in [6, 6.07) is 0. The summed E-state index contributed by atoms with van der Waals surface area (Å²) < 4.78 is 9.96. The summed E-state index contributed by atoms with van der Waals surface area (Å²) in [6.07, 6.45) is 1.35. The Kier molecular flexibility index (Phi) is 4.35. The van der Waals surface area contributed by atoms with Crippen molar-refractivity contribution < 1.29 is 19.4 Å². The number of carbonyl (C=O) groups excluding carboxylic acids is 1. The van der Waals surface area contributed by atoms with Gasteiger partial charge in [-0.2, -0.15) is 0 Å². The lowest BCUT2D eigenvalue weighted by Crippen LogP contribution is -2.25. The Hall–Kier alpha value is -0.610. The van der Waals surface area contributed by atoms with Gasteiger partial charge in [0.15, 0.2) is 6.10 Å². The van der Waals surface area contributed by atoms with Gasteiger partial charge >= 0.3 is 5.97 Å². The molecule has 3 atom stereocenters. The second-order valence-electron chi connectivity index (χ2n) is 3.65. The minimum atomic E-state index is -1.03. The summed E-state index contributed by atoms with van der Waals surface area (Å²) in [5, 5.41) is 9.39. The predicted octanol–water partition coefficient (Wildman–Crippen LogP) is 0.868. The third kappa shape index (κ3) is 3.64. The number of carbonyl (C=O) groups is 1. The summed E-state index contributed by atoms with van der Waals surface area (Å²) in [7, 11) is 0. The highest BCUT2D eigenvalue weighted by Gasteiger charge is 2.37. The Morgan fingerprint density at radius 1 is 1.64 bits per heavy atom. The summed E-state index contributed by atoms with van der Waals surface area (Å²) in [5.74, 6) is -0.527. The lowest BCUT2D eigenvalue weighted by Gasteiger charge is -2.08. The molecular formula is C10H18O4. The van der Waals surface area contributed by atoms with Crippen LogP contribution in [0.25, 0.3) is 0 Å². The zero-order valence-electron chi connectivity index (χ0n) is 8.73. The molecule has 1 rings (SSSR count). The molecule has 1 heterocycles. The van der Waals surface area contributed by atoms with Crippen LogP contribution in [0.1, 0.15) is 33.1 Å². The van der Waals surface area contributed by atoms with Crippen molar-refractivity contribution in [3.63, 3.8) is 0 Å². The van der Waals surface area contributed by atoms with E-state index < -0.39 is 12.1 Å². The first-order valence-corrected chi connectivity index (χ1v) is 5.15. The molecule has 1 saturated heterocycles. The molecule has 1 aliphatic rings. The standard InChI is InChI=1S/C10H18O4/c1-3-4-5-13-10(12)8(11)6-9-7(2)14-9/h7-9,11H,3-6H2,1-2H3/t7-,8-,9-/m0/s1. The Labute approximate surface area is 84.2 Å². The summed E-state index contributed by atoms with van der Waals surface area (Å²) >= 11 is 0. The van der Waals surface area contributed by atoms with E-state index in [4.69, 9.17) is 9.47 Å². The van der Waals surface area contributed by atoms with E-state index in [1.165, 1.54) is 0 Å². The highest BCUT2D eigenvalue weighted by Crippen LogP contribution is 2.25. The minimum Gasteiger partial charge on any atom is -0.464 e. The van der Waals surface area contributed by atoms with Gasteiger partial charge in [-0.3, -0.25) is 0 Å². The van der Waals surface area contributed by atoms with Crippen LogP contribution in [-0.4, -0.2) is 36.0 Å². The third-order valence-electron chi connectivity index (χ3n) is 2.31. The zero-order valence-corrected chi connectivity index (χ0v) is 8.73. The van der Waals surface area contributed by atoms with Crippen molar-refractivity contribution in [1.82, 2.24) is 0 Å². The van der Waals surface area contributed by atoms with Crippen LogP contribution in [0, 0.1) is 0 Å². The highest BCUT2D eigenvalue weighted by molar-refractivity contribution is 5.74. The highest BCUT2D eigenvalue weighted by atomic mass is 16.6. The molecule has 1 fully saturated rings. The molecule has 0 aromatic rings. The normalized spacial score (nSPS) is 27.1. The van der Waals surface area contributed by atoms with E-state index in [-0.39, 0.29) is 12.2 Å². The van der Waals surface area contributed by atoms with Gasteiger partial charge in [-0.15, -0.1) is 0 Å². The maximum atomic E-state index is 11.2. The van der Waals surface area contributed by atoms with Crippen LogP contribution in [0.4, 0.5) is 0 Å². The number of esters is 1. The molecule has 0 aromatic carbocycles. The SMILES string of the molecule is CCCCOC(=O)[C@@H](O)C[C@@H]1O[C@H]1C. The van der Waals surface area contributed by atoms with E-state index in [1.807, 2.05) is 13.8 Å². The Bertz CT molecular complexity index is 193. The fraction of sp³-hybridized carbons (Fsp3) is 0.900. The van der Waals surface area contributed by atoms with E-state index >= 15 is 0 Å². The van der Waals surface area contributed by atoms with Crippen molar-refractivity contribution in [2.75, 3.05) is 6.61 Å². The molecule has 4 heteroatoms. The number of hydrogen-bond donors (Lipinski definition) is 1. The fourth-order valence-electron chi connectivity index (χ4n) is 1.21. The number of ether oxygens (including phenoxy) is 2. The van der Waals surface area contributed by atoms with E-state index in [9.17, 15) is 9.90 Å². The Balaban J connectivity index is 2.09. The molecule has 0 saturated carbocycles. The summed E-state index contributed by atoms with van der Waals surface area (Å²) in [4.78, 5) is 11.2. The maximum absolute atomic E-state index is 11.2. The second-order valence-corrected chi connectivity index (χ2v) is 3.65. The van der Waals surface area contributed by atoms with Crippen LogP contribution in [0.2, 0.25) is 0 Å². The van der Waals surface area contributed by atoms with E-state index in [1.54, 1.807) is 0 Å². The molecule has 0 bridgehead atoms. The van der Waals surface area contributed by atoms with E-state index in [2.05, 4.69) is 0 Å². The van der Waals surface area contributed by atoms with Gasteiger partial charge in [0.25, 0.3) is 0 Å². The van der Waals surface area contributed by atoms with E-state index in [0.717, 1.165) is 12.8 Å². The molecule has 1 N–H and O–H groups in total. The molecule has 4 nitrogen and oxygen atoms in total. The quantitative estimate of drug-likeness (QED) is 0.394. The largest absolute Gasteiger partial charge is 0.464 e. The van der Waals surface area contributed by atoms with Crippen LogP contribution in [0.15, 0.2) is 0 Å². The van der Waals surface area contributed by atoms with Crippen molar-refractivity contribution in [2.24, 2.45) is 0 Å². The number of epoxide rings is 1. The van der Waals surface area contributed by atoms with Gasteiger partial charge in [-0.25, -0.2) is 4.79 Å². The van der Waals surface area contributed by atoms with Gasteiger partial charge in [0.05, 0.1) is 18.8 Å². The first-order valence-electron chi connectivity index (χ1n) is 5.15. The molecule has 14 heavy (non-hydrogen) atoms. The van der Waals surface area contributed by atoms with Gasteiger partial charge in [-0.05, 0) is 13.3 Å². The summed E-state index contributed by atoms with van der Waals surface area (Å²) in [5.41, 5.74) is 0. The van der Waals surface area contributed by atoms with Gasteiger partial charge < -0.3 is 14.6 Å². The average Bonchev–Trinajstić information content (AvgIpc) is 2.82. The first-order chi connectivity index (χ1) is 6.65. The van der Waals surface area contributed by atoms with Gasteiger partial charge in [-0.1, -0.05) is 13.3 Å². The van der Waals surface area contributed by atoms with Crippen molar-refractivity contribution in [3.05, 3.63) is 0 Å². The summed E-state index contributed by atoms with van der Waals surface area (Å²) in [6.45, 7) is 4.33. The molecule has 0 spiro atoms. The Morgan fingerprint density at radius 2 is 2.29 bits per heavy atom. The number of aliphatic hydroxyl groups excluding tert-OH is 1. The van der Waals surface area contributed by atoms with Crippen LogP contribution in [0.5, 0.6) is 0 Å². The molecule has 82 valence electrons. The first kappa shape index (κ1) is 11.5. The molecule has 0 amide bonds. The van der Waals surface area contributed by atoms with Crippen molar-refractivity contribution in [3.8, 4) is 0 Å². The predicted molar refractivity (Wildman–Crippen MR) is 50.8 cm³/mol. The lowest BCUT2D eigenvalue weighted by atomic mass is 10.1. The second kappa shape index (κ2) is 5.32. The van der Waals surface area contributed by atoms with Crippen LogP contribution in [-0.2, 0) is 14.3 Å². The number of unbranched alkanes of at least 4 members (excludes halogenated alkanes) is 1. The van der Waals surface area contributed by atoms with Gasteiger partial charge in [0.2, 0.25) is 0 Å². The minimum absolute atomic E-state index is 0.0312. The molecule has 0 aliphatic carbocycles. The number of aliphatic hydroxyl groups is 1. The van der Waals surface area contributed by atoms with Crippen molar-refractivity contribution >= 4 is 5.97 Å². The van der Waals surface area contributed by atoms with Gasteiger partial charge in [0.1, 0.15) is 0 Å². The number of rotatable bonds is 6. The molecule has 0 unspecified atom stereocenters. The smallest absolute Gasteiger partial charge is 0.335 e. The van der Waals surface area contributed by atoms with Gasteiger partial charge in [0, 0.05) is 6.42 Å². The molecular weight excluding hydrogens is 184 g/mol. The molecule has 0 radical (unpaired) electrons. The average molecular weight is 202 g/mol. The van der Waals surface area contributed by atoms with E-state index in [0.29, 0.717) is 13.0 Å². The van der Waals surface area contributed by atoms with Crippen LogP contribution in [0.3, 0.4) is 0 Å². The topological polar surface area (TPSA) is 59.1 Å². The lowest BCUT2D eigenvalue weighted by molar-refractivity contribution is -0.154. The van der Waals surface area contributed by atoms with Crippen LogP contribution >= 0.6 is 0 Å².